The van der Waals surface area contributed by atoms with E-state index >= 15 is 0 Å². The van der Waals surface area contributed by atoms with Crippen molar-refractivity contribution >= 4 is 17.4 Å². The van der Waals surface area contributed by atoms with E-state index in [1.165, 1.54) is 0 Å². The van der Waals surface area contributed by atoms with Crippen molar-refractivity contribution in [2.45, 2.75) is 25.3 Å². The summed E-state index contributed by atoms with van der Waals surface area (Å²) in [6.07, 6.45) is 4.31. The Kier molecular flexibility index (Phi) is 3.24. The van der Waals surface area contributed by atoms with E-state index in [0.29, 0.717) is 24.7 Å². The Labute approximate surface area is 94.4 Å². The highest BCUT2D eigenvalue weighted by Crippen LogP contribution is 2.18. The maximum absolute atomic E-state index is 11.3. The summed E-state index contributed by atoms with van der Waals surface area (Å²) in [7, 11) is 0. The number of hydrogen-bond acceptors (Lipinski definition) is 4. The molecule has 0 saturated heterocycles. The molecule has 2 rings (SSSR count). The molecule has 1 fully saturated rings. The number of amides is 1. The number of aromatic nitrogens is 1. The van der Waals surface area contributed by atoms with Crippen LogP contribution in [0.4, 0.5) is 11.5 Å². The minimum atomic E-state index is 0.102. The fourth-order valence-corrected chi connectivity index (χ4v) is 1.34. The lowest BCUT2D eigenvalue weighted by Crippen LogP contribution is -2.27. The van der Waals surface area contributed by atoms with Gasteiger partial charge in [0, 0.05) is 19.0 Å². The zero-order valence-electron chi connectivity index (χ0n) is 9.07. The van der Waals surface area contributed by atoms with E-state index in [4.69, 9.17) is 5.73 Å². The van der Waals surface area contributed by atoms with Crippen LogP contribution in [-0.2, 0) is 4.79 Å². The van der Waals surface area contributed by atoms with Gasteiger partial charge >= 0.3 is 0 Å². The van der Waals surface area contributed by atoms with Gasteiger partial charge in [0.25, 0.3) is 0 Å². The van der Waals surface area contributed by atoms with Crippen molar-refractivity contribution in [2.24, 2.45) is 0 Å². The maximum Gasteiger partial charge on any atom is 0.221 e. The molecule has 0 aliphatic heterocycles. The number of nitrogen functional groups attached to an aromatic ring is 1. The molecule has 5 nitrogen and oxygen atoms in total. The molecule has 0 atom stereocenters. The topological polar surface area (TPSA) is 80.0 Å². The van der Waals surface area contributed by atoms with Crippen LogP contribution in [0.2, 0.25) is 0 Å². The second-order valence-corrected chi connectivity index (χ2v) is 4.00. The number of carbonyl (C=O) groups excluding carboxylic acids is 1. The minimum absolute atomic E-state index is 0.102. The monoisotopic (exact) mass is 220 g/mol. The van der Waals surface area contributed by atoms with Crippen molar-refractivity contribution in [2.75, 3.05) is 17.6 Å². The van der Waals surface area contributed by atoms with Crippen molar-refractivity contribution in [1.82, 2.24) is 10.3 Å². The lowest BCUT2D eigenvalue weighted by Gasteiger charge is -2.06. The van der Waals surface area contributed by atoms with Crippen LogP contribution in [0.1, 0.15) is 19.3 Å². The molecule has 1 aromatic rings. The third-order valence-corrected chi connectivity index (χ3v) is 2.39. The molecule has 1 heterocycles. The van der Waals surface area contributed by atoms with Crippen LogP contribution in [0.3, 0.4) is 0 Å². The zero-order chi connectivity index (χ0) is 11.4. The van der Waals surface area contributed by atoms with E-state index in [2.05, 4.69) is 15.6 Å². The molecule has 0 radical (unpaired) electrons. The smallest absolute Gasteiger partial charge is 0.221 e. The lowest BCUT2D eigenvalue weighted by molar-refractivity contribution is -0.120. The third-order valence-electron chi connectivity index (χ3n) is 2.39. The van der Waals surface area contributed by atoms with Gasteiger partial charge in [0.05, 0.1) is 11.9 Å². The minimum Gasteiger partial charge on any atom is -0.397 e. The first kappa shape index (κ1) is 10.7. The van der Waals surface area contributed by atoms with Crippen LogP contribution in [-0.4, -0.2) is 23.5 Å². The van der Waals surface area contributed by atoms with Gasteiger partial charge in [0.2, 0.25) is 5.91 Å². The van der Waals surface area contributed by atoms with E-state index < -0.39 is 0 Å². The molecule has 1 aromatic heterocycles. The van der Waals surface area contributed by atoms with E-state index in [9.17, 15) is 4.79 Å². The number of anilines is 2. The summed E-state index contributed by atoms with van der Waals surface area (Å²) < 4.78 is 0. The molecule has 16 heavy (non-hydrogen) atoms. The Morgan fingerprint density at radius 1 is 1.50 bits per heavy atom. The van der Waals surface area contributed by atoms with Crippen LogP contribution in [0.25, 0.3) is 0 Å². The Morgan fingerprint density at radius 3 is 2.94 bits per heavy atom. The van der Waals surface area contributed by atoms with Crippen molar-refractivity contribution in [3.8, 4) is 0 Å². The molecule has 0 unspecified atom stereocenters. The molecule has 0 bridgehead atoms. The van der Waals surface area contributed by atoms with Crippen LogP contribution in [0.15, 0.2) is 18.3 Å². The van der Waals surface area contributed by atoms with Crippen LogP contribution in [0, 0.1) is 0 Å². The van der Waals surface area contributed by atoms with Gasteiger partial charge in [-0.1, -0.05) is 0 Å². The molecule has 0 aromatic carbocycles. The summed E-state index contributed by atoms with van der Waals surface area (Å²) in [5.41, 5.74) is 6.15. The summed E-state index contributed by atoms with van der Waals surface area (Å²) in [4.78, 5) is 15.4. The number of nitrogens with one attached hydrogen (secondary N) is 2. The summed E-state index contributed by atoms with van der Waals surface area (Å²) >= 11 is 0. The van der Waals surface area contributed by atoms with Crippen LogP contribution >= 0.6 is 0 Å². The number of carbonyl (C=O) groups is 1. The molecule has 1 aliphatic rings. The summed E-state index contributed by atoms with van der Waals surface area (Å²) in [6, 6.07) is 4.01. The predicted octanol–water partition coefficient (Wildman–Crippen LogP) is 0.744. The summed E-state index contributed by atoms with van der Waals surface area (Å²) in [6.45, 7) is 0.593. The van der Waals surface area contributed by atoms with Crippen LogP contribution in [0.5, 0.6) is 0 Å². The third kappa shape index (κ3) is 3.42. The number of nitrogens with zero attached hydrogens (tertiary/aromatic N) is 1. The van der Waals surface area contributed by atoms with Gasteiger partial charge in [0.1, 0.15) is 5.82 Å². The average Bonchev–Trinajstić information content (AvgIpc) is 3.05. The first-order valence-corrected chi connectivity index (χ1v) is 5.49. The van der Waals surface area contributed by atoms with Gasteiger partial charge in [-0.05, 0) is 25.0 Å². The first-order chi connectivity index (χ1) is 7.74. The molecular weight excluding hydrogens is 204 g/mol. The summed E-state index contributed by atoms with van der Waals surface area (Å²) in [5.74, 6) is 0.846. The van der Waals surface area contributed by atoms with Crippen molar-refractivity contribution in [3.05, 3.63) is 18.3 Å². The van der Waals surface area contributed by atoms with E-state index in [0.717, 1.165) is 18.7 Å². The maximum atomic E-state index is 11.3. The SMILES string of the molecule is Nc1ccc(NCCC(=O)NC2CC2)nc1. The number of hydrogen-bond donors (Lipinski definition) is 3. The fourth-order valence-electron chi connectivity index (χ4n) is 1.34. The molecule has 86 valence electrons. The predicted molar refractivity (Wildman–Crippen MR) is 62.9 cm³/mol. The van der Waals surface area contributed by atoms with Crippen molar-refractivity contribution < 1.29 is 4.79 Å². The van der Waals surface area contributed by atoms with Crippen molar-refractivity contribution in [3.63, 3.8) is 0 Å². The van der Waals surface area contributed by atoms with Gasteiger partial charge in [0.15, 0.2) is 0 Å². The van der Waals surface area contributed by atoms with Gasteiger partial charge in [-0.3, -0.25) is 4.79 Å². The standard InChI is InChI=1S/C11H16N4O/c12-8-1-4-10(14-7-8)13-6-5-11(16)15-9-2-3-9/h1,4,7,9H,2-3,5-6,12H2,(H,13,14)(H,15,16). The molecule has 1 aliphatic carbocycles. The average molecular weight is 220 g/mol. The number of nitrogens with two attached hydrogens (primary N) is 1. The molecule has 4 N–H and O–H groups in total. The van der Waals surface area contributed by atoms with Gasteiger partial charge in [-0.15, -0.1) is 0 Å². The normalized spacial score (nSPS) is 14.5. The number of pyridine rings is 1. The highest BCUT2D eigenvalue weighted by molar-refractivity contribution is 5.77. The largest absolute Gasteiger partial charge is 0.397 e. The Morgan fingerprint density at radius 2 is 2.31 bits per heavy atom. The zero-order valence-corrected chi connectivity index (χ0v) is 9.07. The number of rotatable bonds is 5. The second-order valence-electron chi connectivity index (χ2n) is 4.00. The molecule has 5 heteroatoms. The summed E-state index contributed by atoms with van der Waals surface area (Å²) in [5, 5.41) is 6.00. The second kappa shape index (κ2) is 4.83. The fraction of sp³-hybridized carbons (Fsp3) is 0.455. The highest BCUT2D eigenvalue weighted by atomic mass is 16.1. The lowest BCUT2D eigenvalue weighted by atomic mass is 10.3. The van der Waals surface area contributed by atoms with Crippen LogP contribution < -0.4 is 16.4 Å². The van der Waals surface area contributed by atoms with E-state index in [1.807, 2.05) is 0 Å². The molecular formula is C11H16N4O. The molecule has 0 spiro atoms. The highest BCUT2D eigenvalue weighted by Gasteiger charge is 2.22. The van der Waals surface area contributed by atoms with E-state index in [1.54, 1.807) is 18.3 Å². The molecule has 1 amide bonds. The Hall–Kier alpha value is -1.78. The van der Waals surface area contributed by atoms with E-state index in [-0.39, 0.29) is 5.91 Å². The molecule has 1 saturated carbocycles. The van der Waals surface area contributed by atoms with Gasteiger partial charge in [-0.25, -0.2) is 4.98 Å². The Bertz CT molecular complexity index is 359. The van der Waals surface area contributed by atoms with Gasteiger partial charge in [-0.2, -0.15) is 0 Å². The van der Waals surface area contributed by atoms with Gasteiger partial charge < -0.3 is 16.4 Å². The first-order valence-electron chi connectivity index (χ1n) is 5.49. The van der Waals surface area contributed by atoms with Crippen molar-refractivity contribution in [1.29, 1.82) is 0 Å². The quantitative estimate of drug-likeness (QED) is 0.684. The Balaban J connectivity index is 1.66.